The molecule has 12 nitrogen and oxygen atoms in total. The van der Waals surface area contributed by atoms with E-state index in [1.165, 1.54) is 50.7 Å². The minimum atomic E-state index is -4.42. The highest BCUT2D eigenvalue weighted by Gasteiger charge is 2.66. The highest BCUT2D eigenvalue weighted by molar-refractivity contribution is 7.99. The Kier molecular flexibility index (Phi) is 12.9. The molecule has 58 heavy (non-hydrogen) atoms. The normalized spacial score (nSPS) is 23.3. The summed E-state index contributed by atoms with van der Waals surface area (Å²) in [4.78, 5) is 27.8. The lowest BCUT2D eigenvalue weighted by molar-refractivity contribution is -0.384. The average molecular weight is 831 g/mol. The lowest BCUT2D eigenvalue weighted by Gasteiger charge is -2.72. The summed E-state index contributed by atoms with van der Waals surface area (Å²) in [5.41, 5.74) is 5.60. The van der Waals surface area contributed by atoms with E-state index in [2.05, 4.69) is 46.3 Å². The maximum Gasteiger partial charge on any atom is 0.293 e. The number of rotatable bonds is 19. The fourth-order valence-corrected chi connectivity index (χ4v) is 11.5. The van der Waals surface area contributed by atoms with Crippen molar-refractivity contribution in [3.8, 4) is 0 Å². The lowest BCUT2D eigenvalue weighted by Crippen LogP contribution is -2.61. The number of carbonyl (C=O) groups excluding carboxylic acids is 1. The molecule has 14 heteroatoms. The largest absolute Gasteiger partial charge is 0.384 e. The third kappa shape index (κ3) is 10.2. The number of anilines is 2. The molecular weight excluding hydrogens is 773 g/mol. The van der Waals surface area contributed by atoms with Crippen molar-refractivity contribution in [2.75, 3.05) is 68.9 Å². The number of nitrogens with zero attached hydrogens (tertiary/aromatic N) is 2. The van der Waals surface area contributed by atoms with Crippen LogP contribution >= 0.6 is 11.8 Å². The number of sulfonamides is 1. The second kappa shape index (κ2) is 17.7. The molecule has 3 saturated carbocycles. The minimum absolute atomic E-state index is 0.145. The lowest BCUT2D eigenvalue weighted by atomic mass is 9.33. The Hall–Kier alpha value is -3.95. The highest BCUT2D eigenvalue weighted by Crippen LogP contribution is 2.77. The molecule has 0 spiro atoms. The number of nitro benzene ring substituents is 1. The van der Waals surface area contributed by atoms with E-state index < -0.39 is 20.9 Å². The molecule has 2 bridgehead atoms. The Balaban J connectivity index is 0.919. The van der Waals surface area contributed by atoms with Gasteiger partial charge >= 0.3 is 0 Å². The highest BCUT2D eigenvalue weighted by atomic mass is 32.2. The predicted octanol–water partition coefficient (Wildman–Crippen LogP) is 7.71. The summed E-state index contributed by atoms with van der Waals surface area (Å²) < 4.78 is 34.3. The summed E-state index contributed by atoms with van der Waals surface area (Å²) in [6.45, 7) is 13.4. The van der Waals surface area contributed by atoms with Crippen molar-refractivity contribution >= 4 is 44.8 Å². The van der Waals surface area contributed by atoms with Gasteiger partial charge in [0.15, 0.2) is 0 Å². The molecule has 1 saturated heterocycles. The van der Waals surface area contributed by atoms with Crippen molar-refractivity contribution in [3.05, 3.63) is 99.6 Å². The Labute approximate surface area is 347 Å². The van der Waals surface area contributed by atoms with Gasteiger partial charge in [0.1, 0.15) is 5.69 Å². The number of nitrogens with one attached hydrogen (secondary N) is 4. The molecule has 1 amide bonds. The van der Waals surface area contributed by atoms with Gasteiger partial charge in [-0.25, -0.2) is 13.1 Å². The number of amides is 1. The van der Waals surface area contributed by atoms with Crippen LogP contribution in [0.1, 0.15) is 76.1 Å². The summed E-state index contributed by atoms with van der Waals surface area (Å²) in [7, 11) is -4.42. The first-order valence-electron chi connectivity index (χ1n) is 20.6. The van der Waals surface area contributed by atoms with E-state index in [1.807, 2.05) is 30.3 Å². The summed E-state index contributed by atoms with van der Waals surface area (Å²) in [6, 6.07) is 20.1. The van der Waals surface area contributed by atoms with E-state index >= 15 is 0 Å². The second-order valence-corrected chi connectivity index (χ2v) is 20.6. The number of nitro groups is 1. The second-order valence-electron chi connectivity index (χ2n) is 17.8. The third-order valence-electron chi connectivity index (χ3n) is 12.4. The van der Waals surface area contributed by atoms with Gasteiger partial charge in [0.2, 0.25) is 0 Å². The SMILES string of the molecule is CC1(C)CCC(CNCCNc2ccc(C(=O)NS(=O)(=O)c3ccc(N[C@H](CCN4CCOCC4)CSc4ccccc4)c([N+](=O)[O-])c3)cc2)=C(C23CC(C)(C2)C3)C1. The monoisotopic (exact) mass is 830 g/mol. The molecule has 0 radical (unpaired) electrons. The number of carbonyl (C=O) groups is 1. The van der Waals surface area contributed by atoms with E-state index in [1.54, 1.807) is 47.2 Å². The third-order valence-corrected chi connectivity index (χ3v) is 14.9. The van der Waals surface area contributed by atoms with Gasteiger partial charge in [-0.15, -0.1) is 11.8 Å². The first-order chi connectivity index (χ1) is 27.7. The number of benzene rings is 3. The minimum Gasteiger partial charge on any atom is -0.384 e. The van der Waals surface area contributed by atoms with Gasteiger partial charge in [0.25, 0.3) is 21.6 Å². The molecule has 8 rings (SSSR count). The van der Waals surface area contributed by atoms with Gasteiger partial charge in [0, 0.05) is 73.3 Å². The first-order valence-corrected chi connectivity index (χ1v) is 23.0. The summed E-state index contributed by atoms with van der Waals surface area (Å²) in [6.07, 6.45) is 8.41. The van der Waals surface area contributed by atoms with Crippen LogP contribution in [0.4, 0.5) is 17.1 Å². The van der Waals surface area contributed by atoms with Crippen molar-refractivity contribution in [3.63, 3.8) is 0 Å². The molecule has 0 aromatic heterocycles. The molecule has 4 N–H and O–H groups in total. The zero-order valence-corrected chi connectivity index (χ0v) is 35.6. The van der Waals surface area contributed by atoms with Gasteiger partial charge in [-0.05, 0) is 110 Å². The molecule has 5 aliphatic rings. The van der Waals surface area contributed by atoms with Crippen LogP contribution in [-0.4, -0.2) is 88.4 Å². The molecule has 312 valence electrons. The molecule has 1 atom stereocenters. The van der Waals surface area contributed by atoms with Crippen LogP contribution in [0.2, 0.25) is 0 Å². The van der Waals surface area contributed by atoms with Crippen molar-refractivity contribution in [2.45, 2.75) is 81.5 Å². The van der Waals surface area contributed by atoms with Crippen LogP contribution in [0, 0.1) is 26.4 Å². The Morgan fingerprint density at radius 2 is 1.71 bits per heavy atom. The van der Waals surface area contributed by atoms with E-state index in [4.69, 9.17) is 4.74 Å². The standard InChI is InChI=1S/C44H58N6O6S2/c1-42(2)17-15-33(38(26-42)44-29-43(3,30-44)31-44)27-45-18-19-46-34-11-9-32(10-12-34)41(51)48-58(54,55)37-13-14-39(40(25-37)50(52)53)47-35(16-20-49-21-23-56-24-22-49)28-57-36-7-5-4-6-8-36/h4-14,25,35,45-47H,15-24,26-31H2,1-3H3,(H,48,51)/t35-,43?,44?/m1/s1. The number of morpholine rings is 1. The van der Waals surface area contributed by atoms with Crippen LogP contribution in [0.15, 0.2) is 93.7 Å². The molecule has 1 heterocycles. The van der Waals surface area contributed by atoms with Gasteiger partial charge in [-0.1, -0.05) is 50.1 Å². The molecule has 3 aromatic carbocycles. The van der Waals surface area contributed by atoms with E-state index in [0.717, 1.165) is 55.8 Å². The molecule has 3 aromatic rings. The Morgan fingerprint density at radius 1 is 0.983 bits per heavy atom. The summed E-state index contributed by atoms with van der Waals surface area (Å²) >= 11 is 1.65. The fourth-order valence-electron chi connectivity index (χ4n) is 9.46. The number of ether oxygens (including phenoxy) is 1. The van der Waals surface area contributed by atoms with Crippen LogP contribution in [0.25, 0.3) is 0 Å². The zero-order chi connectivity index (χ0) is 41.0. The smallest absolute Gasteiger partial charge is 0.293 e. The molecule has 4 aliphatic carbocycles. The molecular formula is C44H58N6O6S2. The summed E-state index contributed by atoms with van der Waals surface area (Å²) in [5.74, 6) is -0.179. The Bertz CT molecular complexity index is 2070. The van der Waals surface area contributed by atoms with Crippen LogP contribution in [0.5, 0.6) is 0 Å². The van der Waals surface area contributed by atoms with Crippen molar-refractivity contribution in [1.29, 1.82) is 0 Å². The number of allylic oxidation sites excluding steroid dienone is 1. The van der Waals surface area contributed by atoms with Crippen LogP contribution < -0.4 is 20.7 Å². The number of thioether (sulfide) groups is 1. The maximum atomic E-state index is 13.4. The molecule has 4 fully saturated rings. The number of hydrogen-bond acceptors (Lipinski definition) is 11. The van der Waals surface area contributed by atoms with Gasteiger partial charge in [-0.3, -0.25) is 19.8 Å². The van der Waals surface area contributed by atoms with Crippen LogP contribution in [0.3, 0.4) is 0 Å². The maximum absolute atomic E-state index is 13.4. The van der Waals surface area contributed by atoms with E-state index in [0.29, 0.717) is 41.8 Å². The van der Waals surface area contributed by atoms with Crippen molar-refractivity contribution in [2.24, 2.45) is 16.2 Å². The molecule has 0 unspecified atom stereocenters. The average Bonchev–Trinajstić information content (AvgIpc) is 3.18. The van der Waals surface area contributed by atoms with Gasteiger partial charge < -0.3 is 20.7 Å². The predicted molar refractivity (Wildman–Crippen MR) is 231 cm³/mol. The molecule has 1 aliphatic heterocycles. The van der Waals surface area contributed by atoms with Gasteiger partial charge in [-0.2, -0.15) is 0 Å². The zero-order valence-electron chi connectivity index (χ0n) is 34.0. The van der Waals surface area contributed by atoms with E-state index in [9.17, 15) is 23.3 Å². The first kappa shape index (κ1) is 42.2. The quantitative estimate of drug-likeness (QED) is 0.0309. The topological polar surface area (TPSA) is 155 Å². The summed E-state index contributed by atoms with van der Waals surface area (Å²) in [5, 5.41) is 22.6. The fraction of sp³-hybridized carbons (Fsp3) is 0.523. The van der Waals surface area contributed by atoms with Crippen LogP contribution in [-0.2, 0) is 14.8 Å². The van der Waals surface area contributed by atoms with E-state index in [-0.39, 0.29) is 27.9 Å². The number of hydrogen-bond donors (Lipinski definition) is 4. The Morgan fingerprint density at radius 3 is 2.40 bits per heavy atom. The van der Waals surface area contributed by atoms with Crippen molar-refractivity contribution < 1.29 is 22.9 Å². The van der Waals surface area contributed by atoms with Crippen molar-refractivity contribution in [1.82, 2.24) is 14.9 Å². The van der Waals surface area contributed by atoms with Gasteiger partial charge in [0.05, 0.1) is 23.0 Å².